The van der Waals surface area contributed by atoms with Gasteiger partial charge in [0.2, 0.25) is 21.8 Å². The van der Waals surface area contributed by atoms with E-state index in [4.69, 9.17) is 11.1 Å². The topological polar surface area (TPSA) is 145 Å². The number of hydrogen-bond donors (Lipinski definition) is 4. The molecular weight excluding hydrogens is 562 g/mol. The number of piperidine rings is 1. The molecule has 5 rings (SSSR count). The number of likely N-dealkylation sites (tertiary alicyclic amines) is 1. The molecule has 0 radical (unpaired) electrons. The summed E-state index contributed by atoms with van der Waals surface area (Å²) >= 11 is 0. The van der Waals surface area contributed by atoms with Crippen LogP contribution in [0.3, 0.4) is 0 Å². The maximum absolute atomic E-state index is 14.0. The van der Waals surface area contributed by atoms with E-state index >= 15 is 0 Å². The van der Waals surface area contributed by atoms with Crippen molar-refractivity contribution in [3.63, 3.8) is 0 Å². The van der Waals surface area contributed by atoms with Gasteiger partial charge in [0.15, 0.2) is 0 Å². The van der Waals surface area contributed by atoms with Crippen molar-refractivity contribution in [1.82, 2.24) is 14.9 Å². The molecule has 43 heavy (non-hydrogen) atoms. The molecule has 1 aliphatic rings. The molecular formula is C33H35N5O4S. The van der Waals surface area contributed by atoms with Gasteiger partial charge in [-0.05, 0) is 59.4 Å². The van der Waals surface area contributed by atoms with Crippen LogP contribution in [0.4, 0.5) is 0 Å². The second-order valence-corrected chi connectivity index (χ2v) is 12.5. The van der Waals surface area contributed by atoms with Gasteiger partial charge in [-0.15, -0.1) is 0 Å². The van der Waals surface area contributed by atoms with Crippen molar-refractivity contribution in [3.8, 4) is 0 Å². The first-order valence-corrected chi connectivity index (χ1v) is 15.7. The number of fused-ring (bicyclic) bond motifs is 1. The van der Waals surface area contributed by atoms with Crippen molar-refractivity contribution in [2.24, 2.45) is 11.7 Å². The van der Waals surface area contributed by atoms with Crippen LogP contribution >= 0.6 is 0 Å². The lowest BCUT2D eigenvalue weighted by molar-refractivity contribution is -0.137. The smallest absolute Gasteiger partial charge is 0.241 e. The van der Waals surface area contributed by atoms with Crippen LogP contribution in [0.25, 0.3) is 10.8 Å². The van der Waals surface area contributed by atoms with Gasteiger partial charge in [-0.1, -0.05) is 78.9 Å². The van der Waals surface area contributed by atoms with Gasteiger partial charge in [0.1, 0.15) is 11.9 Å². The highest BCUT2D eigenvalue weighted by molar-refractivity contribution is 7.89. The number of amidine groups is 1. The lowest BCUT2D eigenvalue weighted by Crippen LogP contribution is -2.53. The van der Waals surface area contributed by atoms with Gasteiger partial charge < -0.3 is 16.0 Å². The van der Waals surface area contributed by atoms with E-state index in [1.807, 2.05) is 54.6 Å². The molecule has 2 amide bonds. The van der Waals surface area contributed by atoms with E-state index in [1.54, 1.807) is 41.3 Å². The van der Waals surface area contributed by atoms with Crippen molar-refractivity contribution >= 4 is 38.4 Å². The SMILES string of the molecule is N=C(N)c1cccc(CC(NS(=O)(=O)c2ccc3ccccc3c2)C(=O)N2CCCC(C(=O)NCc3ccccc3)C2)c1. The number of benzene rings is 4. The summed E-state index contributed by atoms with van der Waals surface area (Å²) in [5.74, 6) is -1.07. The van der Waals surface area contributed by atoms with Gasteiger partial charge >= 0.3 is 0 Å². The minimum atomic E-state index is -4.09. The number of nitrogens with one attached hydrogen (secondary N) is 3. The molecule has 5 N–H and O–H groups in total. The fraction of sp³-hybridized carbons (Fsp3) is 0.242. The third-order valence-electron chi connectivity index (χ3n) is 7.72. The van der Waals surface area contributed by atoms with Gasteiger partial charge in [-0.3, -0.25) is 15.0 Å². The van der Waals surface area contributed by atoms with Crippen molar-refractivity contribution in [3.05, 3.63) is 114 Å². The Morgan fingerprint density at radius 3 is 2.40 bits per heavy atom. The summed E-state index contributed by atoms with van der Waals surface area (Å²) < 4.78 is 29.9. The lowest BCUT2D eigenvalue weighted by atomic mass is 9.95. The monoisotopic (exact) mass is 597 g/mol. The third-order valence-corrected chi connectivity index (χ3v) is 9.19. The van der Waals surface area contributed by atoms with Gasteiger partial charge in [0, 0.05) is 25.2 Å². The Bertz CT molecular complexity index is 1740. The Kier molecular flexibility index (Phi) is 9.18. The molecule has 1 aliphatic heterocycles. The minimum absolute atomic E-state index is 0.0497. The standard InChI is InChI=1S/C33H35N5O4S/c34-31(35)27-13-6-10-24(18-27)19-30(37-43(41,42)29-16-15-25-11-4-5-12-26(25)20-29)33(40)38-17-7-14-28(22-38)32(39)36-21-23-8-2-1-3-9-23/h1-6,8-13,15-16,18,20,28,30,37H,7,14,17,19,21-22H2,(H3,34,35)(H,36,39). The number of amides is 2. The first kappa shape index (κ1) is 29.9. The van der Waals surface area contributed by atoms with Gasteiger partial charge in [-0.25, -0.2) is 8.42 Å². The Balaban J connectivity index is 1.37. The summed E-state index contributed by atoms with van der Waals surface area (Å²) in [6.07, 6.45) is 1.31. The maximum Gasteiger partial charge on any atom is 0.241 e. The van der Waals surface area contributed by atoms with Crippen LogP contribution in [0.5, 0.6) is 0 Å². The fourth-order valence-corrected chi connectivity index (χ4v) is 6.64. The van der Waals surface area contributed by atoms with E-state index in [1.165, 1.54) is 6.07 Å². The molecule has 0 aromatic heterocycles. The fourth-order valence-electron chi connectivity index (χ4n) is 5.41. The molecule has 2 atom stereocenters. The zero-order chi connectivity index (χ0) is 30.4. The first-order valence-electron chi connectivity index (χ1n) is 14.2. The zero-order valence-corrected chi connectivity index (χ0v) is 24.5. The van der Waals surface area contributed by atoms with E-state index in [0.717, 1.165) is 16.3 Å². The normalized spacial score (nSPS) is 16.0. The molecule has 2 unspecified atom stereocenters. The van der Waals surface area contributed by atoms with Crippen LogP contribution in [0.1, 0.15) is 29.5 Å². The average molecular weight is 598 g/mol. The number of sulfonamides is 1. The van der Waals surface area contributed by atoms with Crippen LogP contribution in [0.15, 0.2) is 102 Å². The van der Waals surface area contributed by atoms with Gasteiger partial charge in [-0.2, -0.15) is 4.72 Å². The molecule has 0 spiro atoms. The number of rotatable bonds is 10. The van der Waals surface area contributed by atoms with Crippen LogP contribution in [-0.2, 0) is 32.6 Å². The molecule has 4 aromatic rings. The zero-order valence-electron chi connectivity index (χ0n) is 23.7. The van der Waals surface area contributed by atoms with Gasteiger partial charge in [0.25, 0.3) is 0 Å². The van der Waals surface area contributed by atoms with Crippen LogP contribution in [-0.4, -0.2) is 50.1 Å². The highest BCUT2D eigenvalue weighted by atomic mass is 32.2. The first-order chi connectivity index (χ1) is 20.7. The number of carbonyl (C=O) groups excluding carboxylic acids is 2. The number of nitrogens with two attached hydrogens (primary N) is 1. The molecule has 10 heteroatoms. The van der Waals surface area contributed by atoms with E-state index in [0.29, 0.717) is 37.1 Å². The molecule has 1 saturated heterocycles. The predicted molar refractivity (Wildman–Crippen MR) is 167 cm³/mol. The number of carbonyl (C=O) groups is 2. The average Bonchev–Trinajstić information content (AvgIpc) is 3.03. The van der Waals surface area contributed by atoms with E-state index in [2.05, 4.69) is 10.0 Å². The highest BCUT2D eigenvalue weighted by Gasteiger charge is 2.34. The summed E-state index contributed by atoms with van der Waals surface area (Å²) in [4.78, 5) is 28.7. The molecule has 0 saturated carbocycles. The minimum Gasteiger partial charge on any atom is -0.384 e. The molecule has 1 heterocycles. The molecule has 0 bridgehead atoms. The number of nitrogen functional groups attached to an aromatic ring is 1. The Hall–Kier alpha value is -4.54. The number of nitrogens with zero attached hydrogens (tertiary/aromatic N) is 1. The Morgan fingerprint density at radius 1 is 0.907 bits per heavy atom. The lowest BCUT2D eigenvalue weighted by Gasteiger charge is -2.34. The van der Waals surface area contributed by atoms with Crippen LogP contribution < -0.4 is 15.8 Å². The largest absolute Gasteiger partial charge is 0.384 e. The Morgan fingerprint density at radius 2 is 1.63 bits per heavy atom. The molecule has 0 aliphatic carbocycles. The predicted octanol–water partition coefficient (Wildman–Crippen LogP) is 3.57. The second kappa shape index (κ2) is 13.2. The van der Waals surface area contributed by atoms with Crippen molar-refractivity contribution in [1.29, 1.82) is 5.41 Å². The molecule has 1 fully saturated rings. The van der Waals surface area contributed by atoms with Gasteiger partial charge in [0.05, 0.1) is 10.8 Å². The summed E-state index contributed by atoms with van der Waals surface area (Å²) in [5, 5.41) is 12.4. The Labute approximate surface area is 251 Å². The summed E-state index contributed by atoms with van der Waals surface area (Å²) in [6, 6.07) is 27.6. The number of hydrogen-bond acceptors (Lipinski definition) is 5. The molecule has 9 nitrogen and oxygen atoms in total. The molecule has 222 valence electrons. The second-order valence-electron chi connectivity index (χ2n) is 10.8. The highest BCUT2D eigenvalue weighted by Crippen LogP contribution is 2.22. The maximum atomic E-state index is 14.0. The van der Waals surface area contributed by atoms with Crippen molar-refractivity contribution in [2.75, 3.05) is 13.1 Å². The van der Waals surface area contributed by atoms with Crippen LogP contribution in [0.2, 0.25) is 0 Å². The van der Waals surface area contributed by atoms with E-state index < -0.39 is 27.9 Å². The summed E-state index contributed by atoms with van der Waals surface area (Å²) in [7, 11) is -4.09. The summed E-state index contributed by atoms with van der Waals surface area (Å²) in [5.41, 5.74) is 7.79. The summed E-state index contributed by atoms with van der Waals surface area (Å²) in [6.45, 7) is 1.01. The quantitative estimate of drug-likeness (QED) is 0.163. The third kappa shape index (κ3) is 7.46. The van der Waals surface area contributed by atoms with E-state index in [9.17, 15) is 18.0 Å². The van der Waals surface area contributed by atoms with E-state index in [-0.39, 0.29) is 29.6 Å². The van der Waals surface area contributed by atoms with Crippen LogP contribution in [0, 0.1) is 11.3 Å². The molecule has 4 aromatic carbocycles. The van der Waals surface area contributed by atoms with Crippen molar-refractivity contribution in [2.45, 2.75) is 36.7 Å². The van der Waals surface area contributed by atoms with Crippen molar-refractivity contribution < 1.29 is 18.0 Å².